The van der Waals surface area contributed by atoms with E-state index < -0.39 is 11.9 Å². The quantitative estimate of drug-likeness (QED) is 0.134. The number of halogens is 1. The maximum atomic E-state index is 9.10. The van der Waals surface area contributed by atoms with Crippen LogP contribution in [0.2, 0.25) is 0 Å². The molecule has 6 N–H and O–H groups in total. The molecule has 8 heteroatoms. The van der Waals surface area contributed by atoms with E-state index in [2.05, 4.69) is 27.8 Å². The van der Waals surface area contributed by atoms with Gasteiger partial charge in [-0.05, 0) is 38.5 Å². The van der Waals surface area contributed by atoms with E-state index in [-0.39, 0.29) is 23.4 Å². The van der Waals surface area contributed by atoms with Crippen molar-refractivity contribution in [2.75, 3.05) is 26.7 Å². The molecule has 35 heavy (non-hydrogen) atoms. The molecule has 0 saturated carbocycles. The Morgan fingerprint density at radius 3 is 0.886 bits per heavy atom. The Kier molecular flexibility index (Phi) is 41.7. The number of carboxylic acids is 2. The molecule has 0 aromatic carbocycles. The van der Waals surface area contributed by atoms with Crippen LogP contribution in [-0.2, 0) is 9.59 Å². The highest BCUT2D eigenvalue weighted by Crippen LogP contribution is 2.16. The first kappa shape index (κ1) is 44.1. The molecule has 0 fully saturated rings. The van der Waals surface area contributed by atoms with Gasteiger partial charge in [0.15, 0.2) is 0 Å². The van der Waals surface area contributed by atoms with Gasteiger partial charge in [-0.1, -0.05) is 97.8 Å². The molecule has 0 bridgehead atoms. The van der Waals surface area contributed by atoms with Crippen molar-refractivity contribution in [2.24, 2.45) is 0 Å². The molecular formula is C27H60ClNO6. The first-order valence-electron chi connectivity index (χ1n) is 13.6. The first-order valence-corrected chi connectivity index (χ1v) is 13.6. The van der Waals surface area contributed by atoms with Crippen molar-refractivity contribution < 1.29 is 47.6 Å². The van der Waals surface area contributed by atoms with Gasteiger partial charge in [-0.3, -0.25) is 0 Å². The second-order valence-corrected chi connectivity index (χ2v) is 9.70. The molecule has 0 aromatic heterocycles. The summed E-state index contributed by atoms with van der Waals surface area (Å²) in [6, 6.07) is 0. The molecule has 0 rings (SSSR count). The standard InChI is InChI=1S/C25H54N.C2H2O4.ClH.2H2O/c1-5-8-11-14-17-20-23-26(4,24-21-18-15-12-9-6-2)25-22-19-16-13-10-7-3;3-1(4)2(5)6;;;/h5-25H2,1-4H3;(H,3,4)(H,5,6);1H;2*1H2/q+1;;;;/p-1. The molecule has 0 saturated heterocycles. The predicted molar refractivity (Wildman–Crippen MR) is 143 cm³/mol. The van der Waals surface area contributed by atoms with Crippen LogP contribution in [0.5, 0.6) is 0 Å². The zero-order valence-corrected chi connectivity index (χ0v) is 24.1. The van der Waals surface area contributed by atoms with E-state index >= 15 is 0 Å². The average Bonchev–Trinajstić information content (AvgIpc) is 2.76. The molecule has 0 heterocycles. The average molecular weight is 530 g/mol. The maximum Gasteiger partial charge on any atom is 0.414 e. The van der Waals surface area contributed by atoms with Gasteiger partial charge in [-0.25, -0.2) is 9.59 Å². The lowest BCUT2D eigenvalue weighted by Crippen LogP contribution is -3.00. The third-order valence-corrected chi connectivity index (χ3v) is 6.34. The number of unbranched alkanes of at least 4 members (excludes halogenated alkanes) is 15. The highest BCUT2D eigenvalue weighted by Gasteiger charge is 2.20. The second kappa shape index (κ2) is 33.1. The van der Waals surface area contributed by atoms with Gasteiger partial charge in [0, 0.05) is 0 Å². The van der Waals surface area contributed by atoms with Crippen LogP contribution in [0.3, 0.4) is 0 Å². The van der Waals surface area contributed by atoms with Gasteiger partial charge in [-0.15, -0.1) is 0 Å². The van der Waals surface area contributed by atoms with Gasteiger partial charge < -0.3 is 38.1 Å². The number of aliphatic carboxylic acids is 2. The summed E-state index contributed by atoms with van der Waals surface area (Å²) in [5.41, 5.74) is 0. The van der Waals surface area contributed by atoms with E-state index in [1.807, 2.05) is 0 Å². The Bertz CT molecular complexity index is 385. The van der Waals surface area contributed by atoms with Gasteiger partial charge >= 0.3 is 11.9 Å². The van der Waals surface area contributed by atoms with Crippen molar-refractivity contribution in [2.45, 2.75) is 136 Å². The SMILES string of the molecule is CCCCCCCC[N+](C)(CCCCCCCC)CCCCCCCC.O.O.O=C(O)C(=O)O.[Cl-]. The van der Waals surface area contributed by atoms with E-state index in [4.69, 9.17) is 19.8 Å². The highest BCUT2D eigenvalue weighted by atomic mass is 35.5. The summed E-state index contributed by atoms with van der Waals surface area (Å²) in [6.07, 6.45) is 25.9. The molecule has 7 nitrogen and oxygen atoms in total. The van der Waals surface area contributed by atoms with Gasteiger partial charge in [0.2, 0.25) is 0 Å². The van der Waals surface area contributed by atoms with Crippen molar-refractivity contribution >= 4 is 11.9 Å². The smallest absolute Gasteiger partial charge is 0.414 e. The van der Waals surface area contributed by atoms with Crippen LogP contribution in [0.25, 0.3) is 0 Å². The van der Waals surface area contributed by atoms with Crippen LogP contribution in [0.1, 0.15) is 136 Å². The number of carboxylic acid groups (broad SMARTS) is 2. The minimum atomic E-state index is -1.82. The third kappa shape index (κ3) is 35.3. The minimum Gasteiger partial charge on any atom is -1.00 e. The first-order chi connectivity index (χ1) is 15.3. The zero-order valence-electron chi connectivity index (χ0n) is 23.4. The largest absolute Gasteiger partial charge is 1.00 e. The molecule has 0 aliphatic carbocycles. The van der Waals surface area contributed by atoms with Crippen LogP contribution < -0.4 is 12.4 Å². The summed E-state index contributed by atoms with van der Waals surface area (Å²) in [5.74, 6) is -3.65. The fourth-order valence-electron chi connectivity index (χ4n) is 4.16. The Labute approximate surface area is 222 Å². The molecule has 0 atom stereocenters. The lowest BCUT2D eigenvalue weighted by molar-refractivity contribution is -0.910. The second-order valence-electron chi connectivity index (χ2n) is 9.70. The van der Waals surface area contributed by atoms with Gasteiger partial charge in [0.25, 0.3) is 0 Å². The topological polar surface area (TPSA) is 138 Å². The van der Waals surface area contributed by atoms with Crippen molar-refractivity contribution in [3.63, 3.8) is 0 Å². The van der Waals surface area contributed by atoms with Crippen LogP contribution in [0.4, 0.5) is 0 Å². The van der Waals surface area contributed by atoms with Gasteiger partial charge in [-0.2, -0.15) is 0 Å². The van der Waals surface area contributed by atoms with Crippen LogP contribution in [0, 0.1) is 0 Å². The summed E-state index contributed by atoms with van der Waals surface area (Å²) in [4.78, 5) is 18.2. The minimum absolute atomic E-state index is 0. The fraction of sp³-hybridized carbons (Fsp3) is 0.926. The summed E-state index contributed by atoms with van der Waals surface area (Å²) >= 11 is 0. The summed E-state index contributed by atoms with van der Waals surface area (Å²) in [5, 5.41) is 14.8. The third-order valence-electron chi connectivity index (χ3n) is 6.34. The highest BCUT2D eigenvalue weighted by molar-refractivity contribution is 6.27. The lowest BCUT2D eigenvalue weighted by Gasteiger charge is -2.35. The number of nitrogens with zero attached hydrogens (tertiary/aromatic N) is 1. The van der Waals surface area contributed by atoms with Crippen LogP contribution in [0.15, 0.2) is 0 Å². The summed E-state index contributed by atoms with van der Waals surface area (Å²) in [6.45, 7) is 11.2. The van der Waals surface area contributed by atoms with E-state index in [0.29, 0.717) is 0 Å². The van der Waals surface area contributed by atoms with E-state index in [9.17, 15) is 0 Å². The Hall–Kier alpha value is -0.890. The Morgan fingerprint density at radius 2 is 0.686 bits per heavy atom. The Morgan fingerprint density at radius 1 is 0.486 bits per heavy atom. The summed E-state index contributed by atoms with van der Waals surface area (Å²) in [7, 11) is 2.56. The zero-order chi connectivity index (χ0) is 24.5. The number of carbonyl (C=O) groups is 2. The van der Waals surface area contributed by atoms with Crippen LogP contribution in [-0.4, -0.2) is 64.3 Å². The Balaban J connectivity index is -0.000000295. The number of hydrogen-bond acceptors (Lipinski definition) is 2. The monoisotopic (exact) mass is 529 g/mol. The van der Waals surface area contributed by atoms with Crippen molar-refractivity contribution in [3.05, 3.63) is 0 Å². The van der Waals surface area contributed by atoms with Crippen molar-refractivity contribution in [3.8, 4) is 0 Å². The molecule has 0 spiro atoms. The van der Waals surface area contributed by atoms with Crippen LogP contribution >= 0.6 is 0 Å². The molecule has 0 radical (unpaired) electrons. The number of rotatable bonds is 21. The van der Waals surface area contributed by atoms with E-state index in [1.54, 1.807) is 0 Å². The molecule has 216 valence electrons. The predicted octanol–water partition coefficient (Wildman–Crippen LogP) is 3.02. The number of hydrogen-bond donors (Lipinski definition) is 2. The molecular weight excluding hydrogens is 470 g/mol. The molecule has 0 unspecified atom stereocenters. The van der Waals surface area contributed by atoms with E-state index in [0.717, 1.165) is 0 Å². The van der Waals surface area contributed by atoms with E-state index in [1.165, 1.54) is 140 Å². The van der Waals surface area contributed by atoms with Crippen molar-refractivity contribution in [1.29, 1.82) is 0 Å². The number of quaternary nitrogens is 1. The maximum absolute atomic E-state index is 9.10. The molecule has 0 aliphatic heterocycles. The van der Waals surface area contributed by atoms with Gasteiger partial charge in [0.05, 0.1) is 26.7 Å². The fourth-order valence-corrected chi connectivity index (χ4v) is 4.16. The molecule has 0 aliphatic rings. The van der Waals surface area contributed by atoms with Gasteiger partial charge in [0.1, 0.15) is 0 Å². The van der Waals surface area contributed by atoms with Crippen molar-refractivity contribution in [1.82, 2.24) is 0 Å². The normalized spacial score (nSPS) is 10.2. The molecule has 0 amide bonds. The summed E-state index contributed by atoms with van der Waals surface area (Å²) < 4.78 is 1.36. The molecule has 0 aromatic rings. The lowest BCUT2D eigenvalue weighted by atomic mass is 10.1.